The second-order valence-corrected chi connectivity index (χ2v) is 8.76. The molecular weight excluding hydrogens is 364 g/mol. The van der Waals surface area contributed by atoms with Gasteiger partial charge in [0.15, 0.2) is 0 Å². The van der Waals surface area contributed by atoms with Crippen molar-refractivity contribution in [1.82, 2.24) is 9.55 Å². The summed E-state index contributed by atoms with van der Waals surface area (Å²) in [6.07, 6.45) is 12.8. The molecule has 4 rings (SSSR count). The lowest BCUT2D eigenvalue weighted by Crippen LogP contribution is -2.31. The molecule has 0 saturated heterocycles. The summed E-state index contributed by atoms with van der Waals surface area (Å²) in [6.45, 7) is 4.29. The van der Waals surface area contributed by atoms with E-state index >= 15 is 0 Å². The van der Waals surface area contributed by atoms with Gasteiger partial charge in [-0.3, -0.25) is 9.36 Å². The average molecular weight is 393 g/mol. The highest BCUT2D eigenvalue weighted by Gasteiger charge is 2.49. The van der Waals surface area contributed by atoms with Crippen molar-refractivity contribution in [3.63, 3.8) is 0 Å². The molecule has 0 unspecified atom stereocenters. The molecular formula is C24H28N2OS. The van der Waals surface area contributed by atoms with Gasteiger partial charge in [0.1, 0.15) is 10.4 Å². The standard InChI is InChI=1S/C24H28N2OS/c1-3-4-5-6-7-8-9-13-19-21-17-18-12-10-11-14-20(18)26(21)23(27)24(19,2)22-25-15-16-28-22/h10-17H,3-9H2,1-2H3/b19-13-/t24-/m0/s1. The lowest BCUT2D eigenvalue weighted by Gasteiger charge is -2.21. The van der Waals surface area contributed by atoms with E-state index in [0.717, 1.165) is 33.6 Å². The number of carbonyl (C=O) groups excluding carboxylic acids is 1. The van der Waals surface area contributed by atoms with E-state index in [2.05, 4.69) is 30.1 Å². The number of fused-ring (bicyclic) bond motifs is 3. The molecule has 0 N–H and O–H groups in total. The van der Waals surface area contributed by atoms with Gasteiger partial charge in [-0.05, 0) is 37.5 Å². The van der Waals surface area contributed by atoms with Crippen molar-refractivity contribution < 1.29 is 4.79 Å². The van der Waals surface area contributed by atoms with Crippen molar-refractivity contribution in [2.75, 3.05) is 0 Å². The molecule has 2 aromatic heterocycles. The Morgan fingerprint density at radius 2 is 1.93 bits per heavy atom. The number of hydrogen-bond acceptors (Lipinski definition) is 3. The molecule has 1 aromatic carbocycles. The summed E-state index contributed by atoms with van der Waals surface area (Å²) in [5, 5.41) is 3.97. The Morgan fingerprint density at radius 3 is 2.71 bits per heavy atom. The van der Waals surface area contributed by atoms with Crippen LogP contribution in [0.15, 0.2) is 48.0 Å². The van der Waals surface area contributed by atoms with Crippen molar-refractivity contribution in [1.29, 1.82) is 0 Å². The summed E-state index contributed by atoms with van der Waals surface area (Å²) in [5.41, 5.74) is 2.47. The lowest BCUT2D eigenvalue weighted by atomic mass is 9.82. The summed E-state index contributed by atoms with van der Waals surface area (Å²) < 4.78 is 1.91. The van der Waals surface area contributed by atoms with Gasteiger partial charge in [-0.1, -0.05) is 63.3 Å². The first-order valence-corrected chi connectivity index (χ1v) is 11.3. The molecule has 3 heterocycles. The molecule has 0 amide bonds. The molecule has 4 heteroatoms. The van der Waals surface area contributed by atoms with E-state index in [1.54, 1.807) is 17.5 Å². The fourth-order valence-electron chi connectivity index (χ4n) is 4.32. The Labute approximate surface area is 171 Å². The molecule has 0 fully saturated rings. The largest absolute Gasteiger partial charge is 0.279 e. The third-order valence-corrected chi connectivity index (χ3v) is 6.92. The van der Waals surface area contributed by atoms with E-state index in [4.69, 9.17) is 0 Å². The van der Waals surface area contributed by atoms with Crippen LogP contribution in [-0.4, -0.2) is 15.5 Å². The molecule has 3 aromatic rings. The van der Waals surface area contributed by atoms with Gasteiger partial charge in [0, 0.05) is 17.0 Å². The monoisotopic (exact) mass is 392 g/mol. The van der Waals surface area contributed by atoms with Gasteiger partial charge in [0.05, 0.1) is 11.2 Å². The molecule has 0 radical (unpaired) electrons. The number of thiazole rings is 1. The molecule has 0 aliphatic carbocycles. The number of carbonyl (C=O) groups is 1. The van der Waals surface area contributed by atoms with Gasteiger partial charge in [0.2, 0.25) is 5.91 Å². The summed E-state index contributed by atoms with van der Waals surface area (Å²) in [4.78, 5) is 18.1. The first-order valence-electron chi connectivity index (χ1n) is 10.4. The van der Waals surface area contributed by atoms with Crippen LogP contribution >= 0.6 is 11.3 Å². The summed E-state index contributed by atoms with van der Waals surface area (Å²) in [6, 6.07) is 10.3. The van der Waals surface area contributed by atoms with Crippen molar-refractivity contribution in [3.8, 4) is 0 Å². The van der Waals surface area contributed by atoms with Crippen LogP contribution < -0.4 is 0 Å². The van der Waals surface area contributed by atoms with Crippen LogP contribution in [0.4, 0.5) is 0 Å². The topological polar surface area (TPSA) is 34.9 Å². The minimum absolute atomic E-state index is 0.118. The highest BCUT2D eigenvalue weighted by molar-refractivity contribution is 7.10. The van der Waals surface area contributed by atoms with Crippen LogP contribution in [0.25, 0.3) is 16.5 Å². The number of para-hydroxylation sites is 1. The zero-order valence-electron chi connectivity index (χ0n) is 16.8. The maximum atomic E-state index is 13.6. The molecule has 3 nitrogen and oxygen atoms in total. The summed E-state index contributed by atoms with van der Waals surface area (Å²) in [7, 11) is 0. The minimum atomic E-state index is -0.685. The van der Waals surface area contributed by atoms with Crippen molar-refractivity contribution in [2.24, 2.45) is 0 Å². The van der Waals surface area contributed by atoms with E-state index in [-0.39, 0.29) is 5.91 Å². The van der Waals surface area contributed by atoms with Crippen LogP contribution in [-0.2, 0) is 5.41 Å². The van der Waals surface area contributed by atoms with Crippen molar-refractivity contribution in [3.05, 3.63) is 58.7 Å². The van der Waals surface area contributed by atoms with Gasteiger partial charge in [-0.15, -0.1) is 11.3 Å². The smallest absolute Gasteiger partial charge is 0.248 e. The molecule has 1 atom stereocenters. The van der Waals surface area contributed by atoms with Crippen molar-refractivity contribution >= 4 is 33.7 Å². The molecule has 0 saturated carbocycles. The number of nitrogens with zero attached hydrogens (tertiary/aromatic N) is 2. The first-order chi connectivity index (χ1) is 13.7. The maximum absolute atomic E-state index is 13.6. The highest BCUT2D eigenvalue weighted by Crippen LogP contribution is 2.48. The van der Waals surface area contributed by atoms with Crippen LogP contribution in [0.3, 0.4) is 0 Å². The third kappa shape index (κ3) is 3.14. The Bertz CT molecular complexity index is 999. The molecule has 0 spiro atoms. The van der Waals surface area contributed by atoms with Crippen molar-refractivity contribution in [2.45, 2.75) is 64.2 Å². The molecule has 28 heavy (non-hydrogen) atoms. The second-order valence-electron chi connectivity index (χ2n) is 7.87. The third-order valence-electron chi connectivity index (χ3n) is 5.92. The maximum Gasteiger partial charge on any atom is 0.248 e. The number of hydrogen-bond donors (Lipinski definition) is 0. The quantitative estimate of drug-likeness (QED) is 0.393. The van der Waals surface area contributed by atoms with E-state index in [0.29, 0.717) is 0 Å². The summed E-state index contributed by atoms with van der Waals surface area (Å²) >= 11 is 1.57. The number of benzene rings is 1. The minimum Gasteiger partial charge on any atom is -0.279 e. The van der Waals surface area contributed by atoms with E-state index in [1.807, 2.05) is 35.1 Å². The SMILES string of the molecule is CCCCCCCC/C=C1/c2cc3ccccc3n2C(=O)[C@]1(C)c1nccs1. The second kappa shape index (κ2) is 8.04. The van der Waals surface area contributed by atoms with Crippen LogP contribution in [0, 0.1) is 0 Å². The Hall–Kier alpha value is -2.20. The van der Waals surface area contributed by atoms with E-state index < -0.39 is 5.41 Å². The van der Waals surface area contributed by atoms with Gasteiger partial charge >= 0.3 is 0 Å². The van der Waals surface area contributed by atoms with E-state index in [1.165, 1.54) is 38.5 Å². The van der Waals surface area contributed by atoms with Gasteiger partial charge in [-0.25, -0.2) is 4.98 Å². The zero-order valence-corrected chi connectivity index (χ0v) is 17.6. The van der Waals surface area contributed by atoms with Crippen LogP contribution in [0.5, 0.6) is 0 Å². The molecule has 1 aliphatic rings. The normalized spacial score (nSPS) is 20.4. The average Bonchev–Trinajstić information content (AvgIpc) is 3.40. The van der Waals surface area contributed by atoms with Gasteiger partial charge < -0.3 is 0 Å². The van der Waals surface area contributed by atoms with Gasteiger partial charge in [-0.2, -0.15) is 0 Å². The Balaban J connectivity index is 1.67. The highest BCUT2D eigenvalue weighted by atomic mass is 32.1. The fourth-order valence-corrected chi connectivity index (χ4v) is 5.13. The molecule has 0 bridgehead atoms. The van der Waals surface area contributed by atoms with Crippen LogP contribution in [0.2, 0.25) is 0 Å². The Kier molecular flexibility index (Phi) is 5.49. The number of rotatable bonds is 8. The lowest BCUT2D eigenvalue weighted by molar-refractivity contribution is 0.0870. The number of unbranched alkanes of at least 4 members (excludes halogenated alkanes) is 6. The van der Waals surface area contributed by atoms with E-state index in [9.17, 15) is 4.79 Å². The molecule has 146 valence electrons. The zero-order chi connectivity index (χ0) is 19.6. The predicted molar refractivity (Wildman–Crippen MR) is 118 cm³/mol. The first kappa shape index (κ1) is 19.1. The summed E-state index contributed by atoms with van der Waals surface area (Å²) in [5.74, 6) is 0.118. The predicted octanol–water partition coefficient (Wildman–Crippen LogP) is 6.84. The Morgan fingerprint density at radius 1 is 1.14 bits per heavy atom. The van der Waals surface area contributed by atoms with Crippen LogP contribution in [0.1, 0.15) is 74.3 Å². The number of allylic oxidation sites excluding steroid dienone is 2. The number of aromatic nitrogens is 2. The molecule has 1 aliphatic heterocycles. The fraction of sp³-hybridized carbons (Fsp3) is 0.417. The van der Waals surface area contributed by atoms with Gasteiger partial charge in [0.25, 0.3) is 0 Å².